The van der Waals surface area contributed by atoms with Gasteiger partial charge < -0.3 is 20.2 Å². The number of hydrogen-bond acceptors (Lipinski definition) is 3. The summed E-state index contributed by atoms with van der Waals surface area (Å²) in [7, 11) is 0. The van der Waals surface area contributed by atoms with Crippen LogP contribution in [0.25, 0.3) is 0 Å². The van der Waals surface area contributed by atoms with E-state index in [1.807, 2.05) is 17.0 Å². The number of carbonyl (C=O) groups is 1. The Labute approximate surface area is 193 Å². The van der Waals surface area contributed by atoms with Gasteiger partial charge in [0.05, 0.1) is 0 Å². The van der Waals surface area contributed by atoms with E-state index >= 15 is 0 Å². The maximum absolute atomic E-state index is 13.6. The highest BCUT2D eigenvalue weighted by atomic mass is 16.3. The SMILES string of the molecule is CC1CCCCN1CCCN(Cc1ccc(O)cc1)C(=O)NC12CC3CC(CC(C3)C1)C2. The molecule has 1 saturated heterocycles. The fourth-order valence-electron chi connectivity index (χ4n) is 7.60. The predicted octanol–water partition coefficient (Wildman–Crippen LogP) is 5.14. The number of urea groups is 1. The van der Waals surface area contributed by atoms with E-state index in [-0.39, 0.29) is 17.3 Å². The third-order valence-electron chi connectivity index (χ3n) is 8.82. The summed E-state index contributed by atoms with van der Waals surface area (Å²) in [5, 5.41) is 13.2. The molecule has 1 aromatic rings. The van der Waals surface area contributed by atoms with Crippen LogP contribution in [-0.4, -0.2) is 52.2 Å². The fraction of sp³-hybridized carbons (Fsp3) is 0.741. The van der Waals surface area contributed by atoms with E-state index in [0.29, 0.717) is 12.6 Å². The minimum atomic E-state index is 0.0421. The molecule has 1 unspecified atom stereocenters. The summed E-state index contributed by atoms with van der Waals surface area (Å²) in [5.41, 5.74) is 1.12. The lowest BCUT2D eigenvalue weighted by atomic mass is 9.53. The van der Waals surface area contributed by atoms with Gasteiger partial charge in [0, 0.05) is 31.2 Å². The lowest BCUT2D eigenvalue weighted by Crippen LogP contribution is -2.61. The van der Waals surface area contributed by atoms with Crippen molar-refractivity contribution in [2.24, 2.45) is 17.8 Å². The molecular weight excluding hydrogens is 398 g/mol. The molecule has 4 aliphatic carbocycles. The molecule has 32 heavy (non-hydrogen) atoms. The monoisotopic (exact) mass is 439 g/mol. The first-order chi connectivity index (χ1) is 15.5. The van der Waals surface area contributed by atoms with Crippen LogP contribution in [0.2, 0.25) is 0 Å². The highest BCUT2D eigenvalue weighted by molar-refractivity contribution is 5.75. The molecule has 0 radical (unpaired) electrons. The molecule has 1 atom stereocenters. The standard InChI is InChI=1S/C27H41N3O2/c1-20-5-2-3-10-29(20)11-4-12-30(19-21-6-8-25(31)9-7-21)26(32)28-27-16-22-13-23(17-27)15-24(14-22)18-27/h6-9,20,22-24,31H,2-5,10-19H2,1H3,(H,28,32). The Morgan fingerprint density at radius 1 is 1.09 bits per heavy atom. The zero-order valence-electron chi connectivity index (χ0n) is 19.8. The van der Waals surface area contributed by atoms with Gasteiger partial charge >= 0.3 is 6.03 Å². The average molecular weight is 440 g/mol. The van der Waals surface area contributed by atoms with Crippen LogP contribution in [0.3, 0.4) is 0 Å². The average Bonchev–Trinajstić information content (AvgIpc) is 2.74. The third-order valence-corrected chi connectivity index (χ3v) is 8.82. The van der Waals surface area contributed by atoms with E-state index in [0.717, 1.165) is 42.8 Å². The Morgan fingerprint density at radius 3 is 2.38 bits per heavy atom. The van der Waals surface area contributed by atoms with Crippen molar-refractivity contribution >= 4 is 6.03 Å². The van der Waals surface area contributed by atoms with E-state index in [9.17, 15) is 9.90 Å². The van der Waals surface area contributed by atoms with Crippen molar-refractivity contribution in [1.82, 2.24) is 15.1 Å². The Hall–Kier alpha value is -1.75. The van der Waals surface area contributed by atoms with Crippen LogP contribution in [0.4, 0.5) is 4.79 Å². The number of benzene rings is 1. The van der Waals surface area contributed by atoms with Gasteiger partial charge in [0.15, 0.2) is 0 Å². The van der Waals surface area contributed by atoms with Crippen molar-refractivity contribution < 1.29 is 9.90 Å². The van der Waals surface area contributed by atoms with E-state index in [1.54, 1.807) is 12.1 Å². The van der Waals surface area contributed by atoms with Crippen molar-refractivity contribution in [3.8, 4) is 5.75 Å². The molecule has 0 aromatic heterocycles. The minimum absolute atomic E-state index is 0.0421. The maximum Gasteiger partial charge on any atom is 0.318 e. The maximum atomic E-state index is 13.6. The summed E-state index contributed by atoms with van der Waals surface area (Å²) in [5.74, 6) is 2.76. The van der Waals surface area contributed by atoms with E-state index < -0.39 is 0 Å². The first kappa shape index (κ1) is 22.1. The van der Waals surface area contributed by atoms with E-state index in [2.05, 4.69) is 17.1 Å². The van der Waals surface area contributed by atoms with Crippen LogP contribution in [-0.2, 0) is 6.54 Å². The molecule has 1 heterocycles. The minimum Gasteiger partial charge on any atom is -0.508 e. The summed E-state index contributed by atoms with van der Waals surface area (Å²) in [6, 6.07) is 8.10. The molecule has 5 nitrogen and oxygen atoms in total. The predicted molar refractivity (Wildman–Crippen MR) is 127 cm³/mol. The zero-order valence-corrected chi connectivity index (χ0v) is 19.8. The van der Waals surface area contributed by atoms with Gasteiger partial charge in [-0.15, -0.1) is 0 Å². The molecule has 5 heteroatoms. The molecule has 2 amide bonds. The van der Waals surface area contributed by atoms with Gasteiger partial charge in [-0.2, -0.15) is 0 Å². The van der Waals surface area contributed by atoms with Gasteiger partial charge in [-0.05, 0) is 107 Å². The number of aromatic hydroxyl groups is 1. The number of carbonyl (C=O) groups excluding carboxylic acids is 1. The molecule has 4 bridgehead atoms. The first-order valence-electron chi connectivity index (χ1n) is 13.1. The van der Waals surface area contributed by atoms with Crippen molar-refractivity contribution in [2.75, 3.05) is 19.6 Å². The topological polar surface area (TPSA) is 55.8 Å². The summed E-state index contributed by atoms with van der Waals surface area (Å²) >= 11 is 0. The highest BCUT2D eigenvalue weighted by Crippen LogP contribution is 2.55. The lowest BCUT2D eigenvalue weighted by Gasteiger charge is -2.57. The number of hydrogen-bond donors (Lipinski definition) is 2. The lowest BCUT2D eigenvalue weighted by molar-refractivity contribution is -0.0158. The number of likely N-dealkylation sites (tertiary alicyclic amines) is 1. The molecule has 5 aliphatic rings. The zero-order chi connectivity index (χ0) is 22.1. The molecular formula is C27H41N3O2. The van der Waals surface area contributed by atoms with Crippen LogP contribution in [0.15, 0.2) is 24.3 Å². The molecule has 0 spiro atoms. The highest BCUT2D eigenvalue weighted by Gasteiger charge is 2.51. The van der Waals surface area contributed by atoms with Crippen LogP contribution in [0.1, 0.15) is 76.7 Å². The number of piperidine rings is 1. The number of phenols is 1. The second-order valence-electron chi connectivity index (χ2n) is 11.5. The molecule has 1 aliphatic heterocycles. The smallest absolute Gasteiger partial charge is 0.318 e. The number of phenolic OH excluding ortho intramolecular Hbond substituents is 1. The Kier molecular flexibility index (Phi) is 6.37. The van der Waals surface area contributed by atoms with Gasteiger partial charge in [-0.3, -0.25) is 0 Å². The molecule has 2 N–H and O–H groups in total. The Bertz CT molecular complexity index is 757. The number of rotatable bonds is 7. The van der Waals surface area contributed by atoms with Gasteiger partial charge in [0.1, 0.15) is 5.75 Å². The van der Waals surface area contributed by atoms with Crippen LogP contribution < -0.4 is 5.32 Å². The molecule has 176 valence electrons. The van der Waals surface area contributed by atoms with E-state index in [1.165, 1.54) is 64.3 Å². The fourth-order valence-corrected chi connectivity index (χ4v) is 7.60. The number of nitrogens with zero attached hydrogens (tertiary/aromatic N) is 2. The molecule has 5 fully saturated rings. The molecule has 6 rings (SSSR count). The van der Waals surface area contributed by atoms with E-state index in [4.69, 9.17) is 0 Å². The van der Waals surface area contributed by atoms with Crippen LogP contribution in [0, 0.1) is 17.8 Å². The first-order valence-corrected chi connectivity index (χ1v) is 13.1. The van der Waals surface area contributed by atoms with Gasteiger partial charge in [-0.1, -0.05) is 18.6 Å². The van der Waals surface area contributed by atoms with Gasteiger partial charge in [0.2, 0.25) is 0 Å². The third kappa shape index (κ3) is 4.93. The summed E-state index contributed by atoms with van der Waals surface area (Å²) in [4.78, 5) is 18.2. The second kappa shape index (κ2) is 9.24. The quantitative estimate of drug-likeness (QED) is 0.619. The normalized spacial score (nSPS) is 33.9. The summed E-state index contributed by atoms with van der Waals surface area (Å²) < 4.78 is 0. The van der Waals surface area contributed by atoms with Crippen molar-refractivity contribution in [3.63, 3.8) is 0 Å². The van der Waals surface area contributed by atoms with Crippen LogP contribution >= 0.6 is 0 Å². The number of amides is 2. The summed E-state index contributed by atoms with van der Waals surface area (Å²) in [6.45, 7) is 5.99. The number of nitrogens with one attached hydrogen (secondary N) is 1. The van der Waals surface area contributed by atoms with Gasteiger partial charge in [-0.25, -0.2) is 4.79 Å². The Balaban J connectivity index is 1.24. The van der Waals surface area contributed by atoms with Crippen molar-refractivity contribution in [1.29, 1.82) is 0 Å². The van der Waals surface area contributed by atoms with Crippen molar-refractivity contribution in [3.05, 3.63) is 29.8 Å². The second-order valence-corrected chi connectivity index (χ2v) is 11.5. The molecule has 4 saturated carbocycles. The van der Waals surface area contributed by atoms with Crippen molar-refractivity contribution in [2.45, 2.75) is 89.3 Å². The Morgan fingerprint density at radius 2 is 1.75 bits per heavy atom. The van der Waals surface area contributed by atoms with Gasteiger partial charge in [0.25, 0.3) is 0 Å². The largest absolute Gasteiger partial charge is 0.508 e. The summed E-state index contributed by atoms with van der Waals surface area (Å²) in [6.07, 6.45) is 12.7. The van der Waals surface area contributed by atoms with Crippen LogP contribution in [0.5, 0.6) is 5.75 Å². The molecule has 1 aromatic carbocycles.